The van der Waals surface area contributed by atoms with Crippen LogP contribution in [0.5, 0.6) is 0 Å². The van der Waals surface area contributed by atoms with E-state index in [4.69, 9.17) is 0 Å². The summed E-state index contributed by atoms with van der Waals surface area (Å²) in [6.07, 6.45) is 22.0. The van der Waals surface area contributed by atoms with Crippen LogP contribution in [-0.4, -0.2) is 8.07 Å². The molecular formula is C35H54Si. The van der Waals surface area contributed by atoms with Gasteiger partial charge in [0.25, 0.3) is 0 Å². The first-order valence-electron chi connectivity index (χ1n) is 16.1. The normalized spacial score (nSPS) is 42.1. The number of hydrogen-bond donors (Lipinski definition) is 0. The number of fused-ring (bicyclic) bond motifs is 4. The third kappa shape index (κ3) is 4.04. The quantitative estimate of drug-likeness (QED) is 0.268. The molecule has 5 aliphatic rings. The van der Waals surface area contributed by atoms with Crippen molar-refractivity contribution in [3.8, 4) is 0 Å². The molecule has 0 aliphatic heterocycles. The van der Waals surface area contributed by atoms with Gasteiger partial charge in [-0.2, -0.15) is 0 Å². The second-order valence-corrected chi connectivity index (χ2v) is 20.1. The fraction of sp³-hybridized carbons (Fsp3) is 0.771. The van der Waals surface area contributed by atoms with Gasteiger partial charge in [0, 0.05) is 0 Å². The highest BCUT2D eigenvalue weighted by molar-refractivity contribution is 6.79. The van der Waals surface area contributed by atoms with Crippen LogP contribution in [-0.2, 0) is 5.41 Å². The van der Waals surface area contributed by atoms with E-state index in [1.54, 1.807) is 18.4 Å². The van der Waals surface area contributed by atoms with E-state index in [1.807, 2.05) is 0 Å². The zero-order valence-corrected chi connectivity index (χ0v) is 24.8. The van der Waals surface area contributed by atoms with Crippen molar-refractivity contribution in [2.24, 2.45) is 47.3 Å². The van der Waals surface area contributed by atoms with Gasteiger partial charge >= 0.3 is 0 Å². The third-order valence-corrected chi connectivity index (χ3v) is 17.2. The predicted octanol–water partition coefficient (Wildman–Crippen LogP) is 10.3. The van der Waals surface area contributed by atoms with E-state index >= 15 is 0 Å². The Morgan fingerprint density at radius 3 is 1.81 bits per heavy atom. The van der Waals surface area contributed by atoms with E-state index in [2.05, 4.69) is 63.0 Å². The summed E-state index contributed by atoms with van der Waals surface area (Å²) in [5, 5.41) is 0. The number of rotatable bonds is 6. The molecule has 1 aromatic carbocycles. The number of allylic oxidation sites excluding steroid dienone is 1. The summed E-state index contributed by atoms with van der Waals surface area (Å²) in [6, 6.07) is 13.5. The lowest BCUT2D eigenvalue weighted by Crippen LogP contribution is -2.47. The Kier molecular flexibility index (Phi) is 7.11. The molecule has 0 saturated heterocycles. The van der Waals surface area contributed by atoms with E-state index < -0.39 is 8.07 Å². The standard InChI is InChI=1S/C35H54Si/c1-5-23-36(3,4)33-24-32(28-19-11-12-20-29(28)33)35(2,25-15-7-6-8-16-25)34-30-21-13-9-17-26(30)27-18-10-14-22-31(27)34/h5-8,15-16,26-34H,1,9-14,17-24H2,2-4H3/t26-,27-,28?,29?,30-,31?,32?,33?,34?,35-/m0/s1. The van der Waals surface area contributed by atoms with Gasteiger partial charge < -0.3 is 0 Å². The minimum Gasteiger partial charge on any atom is -0.103 e. The van der Waals surface area contributed by atoms with Crippen molar-refractivity contribution >= 4 is 8.07 Å². The zero-order chi connectivity index (χ0) is 24.9. The van der Waals surface area contributed by atoms with Gasteiger partial charge in [0.1, 0.15) is 0 Å². The third-order valence-electron chi connectivity index (χ3n) is 13.2. The van der Waals surface area contributed by atoms with E-state index in [0.717, 1.165) is 52.9 Å². The summed E-state index contributed by atoms with van der Waals surface area (Å²) in [6.45, 7) is 12.5. The first-order valence-corrected chi connectivity index (χ1v) is 19.4. The lowest BCUT2D eigenvalue weighted by molar-refractivity contribution is 0.0478. The van der Waals surface area contributed by atoms with E-state index in [0.29, 0.717) is 5.41 Å². The molecule has 0 amide bonds. The topological polar surface area (TPSA) is 0 Å². The van der Waals surface area contributed by atoms with Crippen LogP contribution in [0.15, 0.2) is 43.0 Å². The van der Waals surface area contributed by atoms with Crippen LogP contribution in [0, 0.1) is 47.3 Å². The molecule has 6 unspecified atom stereocenters. The molecule has 10 atom stereocenters. The van der Waals surface area contributed by atoms with Crippen molar-refractivity contribution in [1.29, 1.82) is 0 Å². The van der Waals surface area contributed by atoms with Crippen molar-refractivity contribution in [3.05, 3.63) is 48.6 Å². The Morgan fingerprint density at radius 1 is 0.750 bits per heavy atom. The van der Waals surface area contributed by atoms with Gasteiger partial charge in [-0.3, -0.25) is 0 Å². The smallest absolute Gasteiger partial charge is 0.0545 e. The molecule has 1 aromatic rings. The van der Waals surface area contributed by atoms with Crippen molar-refractivity contribution in [1.82, 2.24) is 0 Å². The molecule has 5 saturated carbocycles. The minimum atomic E-state index is -1.33. The summed E-state index contributed by atoms with van der Waals surface area (Å²) in [5.41, 5.74) is 3.08. The molecule has 0 spiro atoms. The van der Waals surface area contributed by atoms with Crippen LogP contribution < -0.4 is 0 Å². The average molecular weight is 503 g/mol. The Balaban J connectivity index is 1.46. The van der Waals surface area contributed by atoms with Gasteiger partial charge in [0.2, 0.25) is 0 Å². The molecule has 198 valence electrons. The maximum atomic E-state index is 4.22. The molecule has 0 bridgehead atoms. The van der Waals surface area contributed by atoms with Crippen molar-refractivity contribution in [3.63, 3.8) is 0 Å². The van der Waals surface area contributed by atoms with E-state index in [1.165, 1.54) is 76.7 Å². The maximum Gasteiger partial charge on any atom is 0.0545 e. The van der Waals surface area contributed by atoms with Crippen LogP contribution >= 0.6 is 0 Å². The number of benzene rings is 1. The number of hydrogen-bond acceptors (Lipinski definition) is 0. The lowest BCUT2D eigenvalue weighted by atomic mass is 9.53. The highest BCUT2D eigenvalue weighted by atomic mass is 28.3. The minimum absolute atomic E-state index is 0.353. The van der Waals surface area contributed by atoms with Gasteiger partial charge in [-0.1, -0.05) is 101 Å². The van der Waals surface area contributed by atoms with Crippen LogP contribution in [0.2, 0.25) is 24.7 Å². The predicted molar refractivity (Wildman–Crippen MR) is 158 cm³/mol. The second kappa shape index (κ2) is 10.1. The van der Waals surface area contributed by atoms with Crippen LogP contribution in [0.4, 0.5) is 0 Å². The van der Waals surface area contributed by atoms with Crippen LogP contribution in [0.25, 0.3) is 0 Å². The molecule has 0 nitrogen and oxygen atoms in total. The molecule has 5 fully saturated rings. The fourth-order valence-corrected chi connectivity index (χ4v) is 15.4. The maximum absolute atomic E-state index is 4.22. The zero-order valence-electron chi connectivity index (χ0n) is 23.8. The largest absolute Gasteiger partial charge is 0.103 e. The molecule has 5 aliphatic carbocycles. The Hall–Kier alpha value is -0.823. The average Bonchev–Trinajstić information content (AvgIpc) is 3.47. The highest BCUT2D eigenvalue weighted by Gasteiger charge is 2.63. The monoisotopic (exact) mass is 502 g/mol. The molecule has 6 rings (SSSR count). The summed E-state index contributed by atoms with van der Waals surface area (Å²) in [4.78, 5) is 0. The second-order valence-electron chi connectivity index (χ2n) is 14.9. The van der Waals surface area contributed by atoms with E-state index in [9.17, 15) is 0 Å². The molecule has 0 aromatic heterocycles. The Labute approximate surface area is 224 Å². The molecule has 1 heteroatoms. The Bertz CT molecular complexity index is 880. The van der Waals surface area contributed by atoms with Gasteiger partial charge in [-0.25, -0.2) is 0 Å². The first-order chi connectivity index (χ1) is 17.5. The van der Waals surface area contributed by atoms with Crippen LogP contribution in [0.1, 0.15) is 96.0 Å². The van der Waals surface area contributed by atoms with Crippen molar-refractivity contribution < 1.29 is 0 Å². The SMILES string of the molecule is C=CC[Si](C)(C)C1CC([C@](C)(c2ccccc2)C2C3CCCC[C@H]3[C@@H]3CCCC[C@H]23)C2CCCCC21. The molecule has 0 heterocycles. The molecule has 0 radical (unpaired) electrons. The highest BCUT2D eigenvalue weighted by Crippen LogP contribution is 2.69. The van der Waals surface area contributed by atoms with Crippen molar-refractivity contribution in [2.75, 3.05) is 0 Å². The summed E-state index contributed by atoms with van der Waals surface area (Å²) >= 11 is 0. The molecule has 0 N–H and O–H groups in total. The van der Waals surface area contributed by atoms with Crippen molar-refractivity contribution in [2.45, 2.75) is 120 Å². The Morgan fingerprint density at radius 2 is 1.25 bits per heavy atom. The van der Waals surface area contributed by atoms with Gasteiger partial charge in [0.05, 0.1) is 8.07 Å². The van der Waals surface area contributed by atoms with E-state index in [-0.39, 0.29) is 0 Å². The van der Waals surface area contributed by atoms with Gasteiger partial charge in [-0.05, 0) is 108 Å². The van der Waals surface area contributed by atoms with Crippen LogP contribution in [0.3, 0.4) is 0 Å². The summed E-state index contributed by atoms with van der Waals surface area (Å²) in [7, 11) is -1.33. The molecular weight excluding hydrogens is 448 g/mol. The summed E-state index contributed by atoms with van der Waals surface area (Å²) < 4.78 is 0. The van der Waals surface area contributed by atoms with Gasteiger partial charge in [-0.15, -0.1) is 6.58 Å². The first kappa shape index (κ1) is 25.5. The lowest BCUT2D eigenvalue weighted by Gasteiger charge is -2.51. The fourth-order valence-electron chi connectivity index (χ4n) is 11.9. The molecule has 36 heavy (non-hydrogen) atoms. The summed E-state index contributed by atoms with van der Waals surface area (Å²) in [5.74, 6) is 7.86. The van der Waals surface area contributed by atoms with Gasteiger partial charge in [0.15, 0.2) is 0 Å².